The van der Waals surface area contributed by atoms with Gasteiger partial charge in [0.05, 0.1) is 17.7 Å². The van der Waals surface area contributed by atoms with Crippen LogP contribution in [-0.4, -0.2) is 36.3 Å². The number of allylic oxidation sites excluding steroid dienone is 1. The zero-order chi connectivity index (χ0) is 25.8. The Labute approximate surface area is 215 Å². The van der Waals surface area contributed by atoms with E-state index in [0.29, 0.717) is 24.0 Å². The minimum atomic E-state index is -0.0892. The highest BCUT2D eigenvalue weighted by atomic mass is 16.1. The van der Waals surface area contributed by atoms with Crippen molar-refractivity contribution in [2.45, 2.75) is 58.0 Å². The van der Waals surface area contributed by atoms with E-state index in [4.69, 9.17) is 5.73 Å². The zero-order valence-corrected chi connectivity index (χ0v) is 21.4. The maximum absolute atomic E-state index is 12.4. The fourth-order valence-electron chi connectivity index (χ4n) is 3.93. The van der Waals surface area contributed by atoms with Crippen LogP contribution in [0.2, 0.25) is 0 Å². The average molecular weight is 489 g/mol. The molecule has 5 N–H and O–H groups in total. The van der Waals surface area contributed by atoms with E-state index in [1.54, 1.807) is 0 Å². The summed E-state index contributed by atoms with van der Waals surface area (Å²) in [4.78, 5) is 19.0. The summed E-state index contributed by atoms with van der Waals surface area (Å²) in [5, 5.41) is 9.38. The van der Waals surface area contributed by atoms with Crippen LogP contribution in [0.5, 0.6) is 0 Å². The minimum absolute atomic E-state index is 0.0892. The number of nitrogens with one attached hydrogen (secondary N) is 3. The Morgan fingerprint density at radius 2 is 1.92 bits per heavy atom. The maximum Gasteiger partial charge on any atom is 0.225 e. The Bertz CT molecular complexity index is 1050. The second-order valence-electron chi connectivity index (χ2n) is 9.37. The van der Waals surface area contributed by atoms with E-state index in [1.165, 1.54) is 24.7 Å². The van der Waals surface area contributed by atoms with Crippen LogP contribution in [-0.2, 0) is 11.3 Å². The predicted molar refractivity (Wildman–Crippen MR) is 152 cm³/mol. The second-order valence-corrected chi connectivity index (χ2v) is 9.37. The van der Waals surface area contributed by atoms with Crippen molar-refractivity contribution in [3.8, 4) is 0 Å². The van der Waals surface area contributed by atoms with E-state index in [9.17, 15) is 4.79 Å². The Kier molecular flexibility index (Phi) is 10.6. The highest BCUT2D eigenvalue weighted by Crippen LogP contribution is 2.31. The molecule has 2 aromatic rings. The summed E-state index contributed by atoms with van der Waals surface area (Å²) in [6.45, 7) is 12.4. The Morgan fingerprint density at radius 1 is 1.17 bits per heavy atom. The van der Waals surface area contributed by atoms with Gasteiger partial charge in [-0.1, -0.05) is 43.0 Å². The summed E-state index contributed by atoms with van der Waals surface area (Å²) in [5.74, 6) is 0.204. The zero-order valence-electron chi connectivity index (χ0n) is 21.4. The summed E-state index contributed by atoms with van der Waals surface area (Å²) in [7, 11) is 0. The summed E-state index contributed by atoms with van der Waals surface area (Å²) in [5.41, 5.74) is 11.0. The van der Waals surface area contributed by atoms with Crippen LogP contribution in [0.3, 0.4) is 0 Å². The lowest BCUT2D eigenvalue weighted by Gasteiger charge is -2.22. The third-order valence-electron chi connectivity index (χ3n) is 6.07. The number of hydrogen-bond acceptors (Lipinski definition) is 5. The largest absolute Gasteiger partial charge is 0.397 e. The molecule has 0 bridgehead atoms. The number of nitrogens with zero attached hydrogens (tertiary/aromatic N) is 2. The van der Waals surface area contributed by atoms with E-state index < -0.39 is 0 Å². The number of anilines is 3. The molecule has 1 fully saturated rings. The molecule has 7 heteroatoms. The predicted octanol–water partition coefficient (Wildman–Crippen LogP) is 5.43. The molecule has 0 radical (unpaired) electrons. The van der Waals surface area contributed by atoms with E-state index in [2.05, 4.69) is 63.3 Å². The number of carbonyl (C=O) groups is 1. The van der Waals surface area contributed by atoms with Gasteiger partial charge < -0.3 is 21.7 Å². The Balaban J connectivity index is 1.41. The summed E-state index contributed by atoms with van der Waals surface area (Å²) >= 11 is 0. The molecule has 3 rings (SSSR count). The van der Waals surface area contributed by atoms with E-state index >= 15 is 0 Å². The number of aliphatic imine (C=N–C) groups is 1. The Hall–Kier alpha value is -3.58. The van der Waals surface area contributed by atoms with Gasteiger partial charge in [0.15, 0.2) is 0 Å². The lowest BCUT2D eigenvalue weighted by Crippen LogP contribution is -2.28. The fraction of sp³-hybridized carbons (Fsp3) is 0.379. The normalized spacial score (nSPS) is 13.1. The van der Waals surface area contributed by atoms with Gasteiger partial charge in [0.1, 0.15) is 5.82 Å². The van der Waals surface area contributed by atoms with E-state index in [0.717, 1.165) is 55.8 Å². The molecule has 192 valence electrons. The SMILES string of the molecule is C=CCCCN(CCCC(=O)NC(=C)/N=C/Nc1cc(NC2CC2)c(C)cc1N)Cc1ccccc1. The van der Waals surface area contributed by atoms with Gasteiger partial charge in [-0.3, -0.25) is 9.69 Å². The third kappa shape index (κ3) is 9.58. The van der Waals surface area contributed by atoms with Gasteiger partial charge >= 0.3 is 0 Å². The third-order valence-corrected chi connectivity index (χ3v) is 6.07. The van der Waals surface area contributed by atoms with Gasteiger partial charge in [-0.25, -0.2) is 4.99 Å². The lowest BCUT2D eigenvalue weighted by molar-refractivity contribution is -0.120. The molecule has 0 heterocycles. The van der Waals surface area contributed by atoms with Crippen LogP contribution in [0, 0.1) is 6.92 Å². The van der Waals surface area contributed by atoms with Crippen molar-refractivity contribution < 1.29 is 4.79 Å². The number of nitrogens with two attached hydrogens (primary N) is 1. The lowest BCUT2D eigenvalue weighted by atomic mass is 10.1. The number of nitrogen functional groups attached to an aromatic ring is 1. The molecule has 1 saturated carbocycles. The quantitative estimate of drug-likeness (QED) is 0.0831. The van der Waals surface area contributed by atoms with Crippen LogP contribution in [0.1, 0.15) is 49.7 Å². The molecule has 0 aliphatic heterocycles. The van der Waals surface area contributed by atoms with Gasteiger partial charge in [0.25, 0.3) is 0 Å². The van der Waals surface area contributed by atoms with Gasteiger partial charge in [-0.2, -0.15) is 0 Å². The number of rotatable bonds is 16. The molecule has 0 saturated heterocycles. The minimum Gasteiger partial charge on any atom is -0.397 e. The van der Waals surface area contributed by atoms with Crippen LogP contribution in [0.25, 0.3) is 0 Å². The van der Waals surface area contributed by atoms with Crippen molar-refractivity contribution in [1.29, 1.82) is 0 Å². The van der Waals surface area contributed by atoms with Gasteiger partial charge in [0.2, 0.25) is 5.91 Å². The highest BCUT2D eigenvalue weighted by molar-refractivity contribution is 5.86. The summed E-state index contributed by atoms with van der Waals surface area (Å²) in [6.07, 6.45) is 9.09. The molecule has 0 spiro atoms. The molecule has 1 aliphatic carbocycles. The number of aryl methyl sites for hydroxylation is 1. The fourth-order valence-corrected chi connectivity index (χ4v) is 3.93. The molecule has 0 atom stereocenters. The Morgan fingerprint density at radius 3 is 2.64 bits per heavy atom. The maximum atomic E-state index is 12.4. The first-order chi connectivity index (χ1) is 17.4. The van der Waals surface area contributed by atoms with Crippen molar-refractivity contribution in [2.24, 2.45) is 4.99 Å². The van der Waals surface area contributed by atoms with Crippen molar-refractivity contribution >= 4 is 29.3 Å². The summed E-state index contributed by atoms with van der Waals surface area (Å²) in [6, 6.07) is 14.9. The molecule has 2 aromatic carbocycles. The van der Waals surface area contributed by atoms with E-state index in [-0.39, 0.29) is 5.91 Å². The van der Waals surface area contributed by atoms with Crippen LogP contribution in [0.15, 0.2) is 72.5 Å². The van der Waals surface area contributed by atoms with Crippen LogP contribution < -0.4 is 21.7 Å². The molecule has 0 aromatic heterocycles. The van der Waals surface area contributed by atoms with Gasteiger partial charge in [-0.15, -0.1) is 6.58 Å². The molecular formula is C29H40N6O. The topological polar surface area (TPSA) is 94.8 Å². The number of amides is 1. The van der Waals surface area contributed by atoms with Gasteiger partial charge in [-0.05, 0) is 75.4 Å². The average Bonchev–Trinajstić information content (AvgIpc) is 3.66. The standard InChI is InChI=1S/C29H40N6O/c1-4-5-9-16-35(20-24-11-7-6-8-12-24)17-10-13-29(36)33-23(3)31-21-32-28-19-27(34-25-14-15-25)22(2)18-26(28)30/h4,6-8,11-12,18-19,21,25,34H,1,3,5,9-10,13-17,20,30H2,2H3,(H,31,32)(H,33,36). The van der Waals surface area contributed by atoms with Crippen LogP contribution in [0.4, 0.5) is 17.1 Å². The number of carbonyl (C=O) groups excluding carboxylic acids is 1. The molecule has 0 unspecified atom stereocenters. The number of benzene rings is 2. The molecule has 1 aliphatic rings. The molecule has 1 amide bonds. The molecule has 36 heavy (non-hydrogen) atoms. The van der Waals surface area contributed by atoms with Crippen LogP contribution >= 0.6 is 0 Å². The summed E-state index contributed by atoms with van der Waals surface area (Å²) < 4.78 is 0. The van der Waals surface area contributed by atoms with Crippen molar-refractivity contribution in [3.05, 3.63) is 78.6 Å². The highest BCUT2D eigenvalue weighted by Gasteiger charge is 2.21. The molecule has 7 nitrogen and oxygen atoms in total. The first kappa shape index (κ1) is 27.0. The smallest absolute Gasteiger partial charge is 0.225 e. The van der Waals surface area contributed by atoms with E-state index in [1.807, 2.05) is 31.2 Å². The van der Waals surface area contributed by atoms with Crippen molar-refractivity contribution in [3.63, 3.8) is 0 Å². The van der Waals surface area contributed by atoms with Gasteiger partial charge in [0, 0.05) is 24.7 Å². The number of hydrogen-bond donors (Lipinski definition) is 4. The first-order valence-electron chi connectivity index (χ1n) is 12.8. The van der Waals surface area contributed by atoms with Crippen molar-refractivity contribution in [1.82, 2.24) is 10.2 Å². The van der Waals surface area contributed by atoms with Crippen molar-refractivity contribution in [2.75, 3.05) is 29.5 Å². The molecular weight excluding hydrogens is 448 g/mol. The first-order valence-corrected chi connectivity index (χ1v) is 12.8. The number of unbranched alkanes of at least 4 members (excludes halogenated alkanes) is 1. The second kappa shape index (κ2) is 14.1. The monoisotopic (exact) mass is 488 g/mol.